The lowest BCUT2D eigenvalue weighted by molar-refractivity contribution is -0.144. The molecule has 0 fully saturated rings. The minimum atomic E-state index is -1.11. The van der Waals surface area contributed by atoms with Crippen LogP contribution in [-0.4, -0.2) is 65.8 Å². The minimum absolute atomic E-state index is 0.0803. The summed E-state index contributed by atoms with van der Waals surface area (Å²) in [4.78, 5) is 123. The Morgan fingerprint density at radius 1 is 0.219 bits per heavy atom. The Labute approximate surface area is 779 Å². The molecule has 0 aliphatic heterocycles. The van der Waals surface area contributed by atoms with E-state index in [-0.39, 0.29) is 46.0 Å². The summed E-state index contributed by atoms with van der Waals surface area (Å²) < 4.78 is 56.0. The van der Waals surface area contributed by atoms with Crippen LogP contribution in [-0.2, 0) is 38.4 Å². The van der Waals surface area contributed by atoms with Crippen molar-refractivity contribution in [2.24, 2.45) is 49.1 Å². The summed E-state index contributed by atoms with van der Waals surface area (Å²) in [7, 11) is 0. The highest BCUT2D eigenvalue weighted by Crippen LogP contribution is 2.56. The van der Waals surface area contributed by atoms with Gasteiger partial charge >= 0.3 is 47.8 Å². The zero-order chi connectivity index (χ0) is 95.8. The van der Waals surface area contributed by atoms with Crippen LogP contribution in [0.4, 0.5) is 0 Å². The van der Waals surface area contributed by atoms with E-state index in [1.807, 2.05) is 36.0 Å². The second-order valence-corrected chi connectivity index (χ2v) is 46.1. The maximum absolute atomic E-state index is 15.4. The molecule has 8 bridgehead atoms. The first-order valence-corrected chi connectivity index (χ1v) is 50.7. The number of nitrogens with two attached hydrogens (primary N) is 1. The van der Waals surface area contributed by atoms with Crippen molar-refractivity contribution in [2.45, 2.75) is 442 Å². The molecule has 0 radical (unpaired) electrons. The van der Waals surface area contributed by atoms with E-state index in [2.05, 4.69) is 20.8 Å². The van der Waals surface area contributed by atoms with Gasteiger partial charge in [-0.25, -0.2) is 0 Å². The van der Waals surface area contributed by atoms with E-state index in [1.165, 1.54) is 0 Å². The number of rotatable bonds is 48. The first kappa shape index (κ1) is 111. The molecule has 0 heterocycles. The molecule has 720 valence electrons. The van der Waals surface area contributed by atoms with Gasteiger partial charge in [-0.15, -0.1) is 0 Å². The van der Waals surface area contributed by atoms with Crippen LogP contribution in [0.25, 0.3) is 0 Å². The van der Waals surface area contributed by atoms with E-state index in [0.29, 0.717) is 102 Å². The smallest absolute Gasteiger partial charge is 0.316 e. The third kappa shape index (κ3) is 36.5. The Hall–Kier alpha value is -7.05. The second-order valence-electron chi connectivity index (χ2n) is 44.8. The molecular weight excluding hydrogens is 1620 g/mol. The van der Waals surface area contributed by atoms with E-state index in [9.17, 15) is 0 Å². The lowest BCUT2D eigenvalue weighted by atomic mass is 9.76. The van der Waals surface area contributed by atoms with Crippen LogP contribution in [0, 0.1) is 43.3 Å². The zero-order valence-corrected chi connectivity index (χ0v) is 85.8. The highest BCUT2D eigenvalue weighted by atomic mass is 32.2. The quantitative estimate of drug-likeness (QED) is 0.0246. The van der Waals surface area contributed by atoms with Gasteiger partial charge in [0.1, 0.15) is 46.0 Å². The molecule has 18 heteroatoms. The van der Waals surface area contributed by atoms with Crippen LogP contribution in [0.2, 0.25) is 0 Å². The standard InChI is InChI=1S/C110H173NO16S/c1-28-31-34-37-40-45-50-55-60-75-79-67-81(89(122-97(114)105(10,11)12)71-87(79)120-95(112)103(4,5)6)76(61-56-51-46-41-38-35-32-29-2)83-69-85(93(126-101(118)109(22,23)24)73-91(83)124-99(116)107(16,17)18)78(63-58-53-48-43-44-49-54-59-65-128-66-64-111)86-70-84(92(125-100(117)108(19,20)21)74-94(86)127-102(119)110(25,26)27)77(62-57-52-47-42-39-36-33-30-3)82-68-80(75)88(121-96(113)104(7,8)9)72-90(82)123-98(115)106(13,14)15/h67-78H,28-66,111H2,1-27H3. The first-order chi connectivity index (χ1) is 59.8. The van der Waals surface area contributed by atoms with Crippen LogP contribution in [0.3, 0.4) is 0 Å². The number of fused-ring (bicyclic) bond motifs is 8. The molecule has 0 saturated heterocycles. The number of hydrogen-bond acceptors (Lipinski definition) is 18. The van der Waals surface area contributed by atoms with Crippen LogP contribution in [0.1, 0.15) is 486 Å². The van der Waals surface area contributed by atoms with E-state index in [4.69, 9.17) is 43.6 Å². The Morgan fingerprint density at radius 3 is 0.500 bits per heavy atom. The van der Waals surface area contributed by atoms with Gasteiger partial charge in [-0.2, -0.15) is 11.8 Å². The van der Waals surface area contributed by atoms with Crippen molar-refractivity contribution in [1.29, 1.82) is 0 Å². The summed E-state index contributed by atoms with van der Waals surface area (Å²) in [5, 5.41) is 0. The molecule has 0 saturated carbocycles. The number of thioether (sulfide) groups is 1. The van der Waals surface area contributed by atoms with Gasteiger partial charge in [-0.3, -0.25) is 38.4 Å². The molecule has 5 rings (SSSR count). The van der Waals surface area contributed by atoms with E-state index in [1.54, 1.807) is 190 Å². The van der Waals surface area contributed by atoms with E-state index < -0.39 is 115 Å². The normalized spacial score (nSPS) is 15.3. The molecule has 2 N–H and O–H groups in total. The Bertz CT molecular complexity index is 3510. The summed E-state index contributed by atoms with van der Waals surface area (Å²) in [5.74, 6) is -5.55. The van der Waals surface area contributed by atoms with Gasteiger partial charge in [0.15, 0.2) is 0 Å². The SMILES string of the molecule is CCCCCCCCCCC1c2cc(c(OC(=O)C(C)(C)C)cc2OC(=O)C(C)(C)C)C(CCCCCCCCCC)c2cc(c(OC(=O)C(C)(C)C)cc2OC(=O)C(C)(C)C)C(CCCCCCCCCCSCCN)c2cc(c(OC(=O)C(C)(C)C)cc2OC(=O)C(C)(C)C)C(CCCCCCCCCC)c2cc1c(OC(=O)C(C)(C)C)cc2OC(=O)C(C)(C)C. The van der Waals surface area contributed by atoms with Gasteiger partial charge in [0, 0.05) is 105 Å². The summed E-state index contributed by atoms with van der Waals surface area (Å²) in [5.41, 5.74) is 0.875. The lowest BCUT2D eigenvalue weighted by Gasteiger charge is -2.33. The van der Waals surface area contributed by atoms with Crippen molar-refractivity contribution in [2.75, 3.05) is 18.1 Å². The third-order valence-corrected chi connectivity index (χ3v) is 25.0. The van der Waals surface area contributed by atoms with Crippen molar-refractivity contribution in [1.82, 2.24) is 0 Å². The van der Waals surface area contributed by atoms with Gasteiger partial charge in [0.05, 0.1) is 43.3 Å². The number of carbonyl (C=O) groups is 8. The summed E-state index contributed by atoms with van der Waals surface area (Å²) in [6.07, 6.45) is 32.2. The number of unbranched alkanes of at least 4 members (excludes halogenated alkanes) is 28. The molecule has 2 unspecified atom stereocenters. The number of hydrogen-bond donors (Lipinski definition) is 1. The molecule has 0 amide bonds. The topological polar surface area (TPSA) is 236 Å². The zero-order valence-electron chi connectivity index (χ0n) is 85.0. The van der Waals surface area contributed by atoms with Gasteiger partial charge in [-0.1, -0.05) is 220 Å². The van der Waals surface area contributed by atoms with Gasteiger partial charge in [0.2, 0.25) is 0 Å². The Kier molecular flexibility index (Phi) is 45.1. The maximum Gasteiger partial charge on any atom is 0.316 e. The van der Waals surface area contributed by atoms with Crippen LogP contribution in [0.5, 0.6) is 46.0 Å². The fourth-order valence-corrected chi connectivity index (χ4v) is 16.2. The van der Waals surface area contributed by atoms with E-state index >= 15 is 38.4 Å². The van der Waals surface area contributed by atoms with Crippen molar-refractivity contribution in [3.8, 4) is 46.0 Å². The molecule has 2 atom stereocenters. The molecule has 4 aromatic rings. The molecule has 0 aromatic heterocycles. The molecule has 17 nitrogen and oxygen atoms in total. The van der Waals surface area contributed by atoms with E-state index in [0.717, 1.165) is 191 Å². The van der Waals surface area contributed by atoms with Gasteiger partial charge in [0.25, 0.3) is 0 Å². The number of benzene rings is 4. The Morgan fingerprint density at radius 2 is 0.359 bits per heavy atom. The van der Waals surface area contributed by atoms with Crippen LogP contribution < -0.4 is 43.6 Å². The first-order valence-electron chi connectivity index (χ1n) is 49.6. The molecule has 0 spiro atoms. The summed E-state index contributed by atoms with van der Waals surface area (Å²) in [6, 6.07) is 14.7. The number of ether oxygens (including phenoxy) is 8. The van der Waals surface area contributed by atoms with Crippen LogP contribution in [0.15, 0.2) is 48.5 Å². The fourth-order valence-electron chi connectivity index (χ4n) is 15.5. The fraction of sp³-hybridized carbons (Fsp3) is 0.709. The molecule has 1 aliphatic rings. The Balaban J connectivity index is 2.42. The molecular formula is C110H173NO16S. The average molecular weight is 1800 g/mol. The minimum Gasteiger partial charge on any atom is -0.426 e. The highest BCUT2D eigenvalue weighted by molar-refractivity contribution is 7.99. The monoisotopic (exact) mass is 1800 g/mol. The van der Waals surface area contributed by atoms with Crippen molar-refractivity contribution >= 4 is 59.5 Å². The molecule has 4 aromatic carbocycles. The average Bonchev–Trinajstić information content (AvgIpc) is 0.739. The van der Waals surface area contributed by atoms with Crippen LogP contribution >= 0.6 is 11.8 Å². The molecule has 1 aliphatic carbocycles. The largest absolute Gasteiger partial charge is 0.426 e. The predicted molar refractivity (Wildman–Crippen MR) is 523 cm³/mol. The van der Waals surface area contributed by atoms with Crippen molar-refractivity contribution in [3.05, 3.63) is 93.0 Å². The van der Waals surface area contributed by atoms with Crippen molar-refractivity contribution < 1.29 is 76.3 Å². The maximum atomic E-state index is 15.4. The highest BCUT2D eigenvalue weighted by Gasteiger charge is 2.42. The second kappa shape index (κ2) is 51.8. The summed E-state index contributed by atoms with van der Waals surface area (Å²) >= 11 is 1.89. The number of esters is 8. The van der Waals surface area contributed by atoms with Gasteiger partial charge in [-0.05, 0) is 228 Å². The summed E-state index contributed by atoms with van der Waals surface area (Å²) in [6.45, 7) is 50.2. The van der Waals surface area contributed by atoms with Gasteiger partial charge < -0.3 is 43.6 Å². The lowest BCUT2D eigenvalue weighted by Crippen LogP contribution is -2.29. The van der Waals surface area contributed by atoms with Crippen molar-refractivity contribution in [3.63, 3.8) is 0 Å². The molecule has 128 heavy (non-hydrogen) atoms. The third-order valence-electron chi connectivity index (χ3n) is 23.9. The predicted octanol–water partition coefficient (Wildman–Crippen LogP) is 29.9. The number of carbonyl (C=O) groups excluding carboxylic acids is 8.